The molecule has 34 heavy (non-hydrogen) atoms. The van der Waals surface area contributed by atoms with Gasteiger partial charge in [-0.3, -0.25) is 9.59 Å². The van der Waals surface area contributed by atoms with Crippen LogP contribution in [0, 0.1) is 34.5 Å². The van der Waals surface area contributed by atoms with Crippen LogP contribution in [-0.2, 0) is 9.59 Å². The predicted molar refractivity (Wildman–Crippen MR) is 138 cm³/mol. The summed E-state index contributed by atoms with van der Waals surface area (Å²) in [6, 6.07) is 9.01. The van der Waals surface area contributed by atoms with Crippen LogP contribution in [0.1, 0.15) is 77.2 Å². The second kappa shape index (κ2) is 8.26. The minimum atomic E-state index is -0.552. The average molecular weight is 456 g/mol. The molecule has 1 aromatic carbocycles. The molecular formula is C31H37NO2. The van der Waals surface area contributed by atoms with Gasteiger partial charge >= 0.3 is 0 Å². The molecule has 0 N–H and O–H groups in total. The zero-order chi connectivity index (χ0) is 24.3. The van der Waals surface area contributed by atoms with Gasteiger partial charge in [-0.1, -0.05) is 30.6 Å². The number of nitrogens with zero attached hydrogens (tertiary/aromatic N) is 1. The van der Waals surface area contributed by atoms with Crippen molar-refractivity contribution in [3.8, 4) is 11.8 Å². The summed E-state index contributed by atoms with van der Waals surface area (Å²) in [5.74, 6) is 8.35. The number of ketones is 2. The number of carbonyl (C=O) groups excluding carboxylic acids is 2. The zero-order valence-electron chi connectivity index (χ0n) is 21.3. The largest absolute Gasteiger partial charge is 0.378 e. The van der Waals surface area contributed by atoms with Crippen molar-refractivity contribution < 1.29 is 9.59 Å². The number of hydrogen-bond acceptors (Lipinski definition) is 3. The second-order valence-electron chi connectivity index (χ2n) is 11.4. The van der Waals surface area contributed by atoms with E-state index >= 15 is 0 Å². The minimum Gasteiger partial charge on any atom is -0.378 e. The molecule has 4 aliphatic rings. The van der Waals surface area contributed by atoms with Crippen LogP contribution in [0.5, 0.6) is 0 Å². The third kappa shape index (κ3) is 3.25. The molecule has 5 atom stereocenters. The Bertz CT molecular complexity index is 1160. The van der Waals surface area contributed by atoms with Crippen LogP contribution < -0.4 is 4.90 Å². The monoisotopic (exact) mass is 455 g/mol. The summed E-state index contributed by atoms with van der Waals surface area (Å²) in [5, 5.41) is 0. The number of carbonyl (C=O) groups is 2. The first-order valence-corrected chi connectivity index (χ1v) is 12.9. The SMILES string of the molecule is CC#C[C@]1(C(C)=O)CC[C@H]2[C@@H]3CCC4=CC(=O)CCC4=C3C(c3ccc(N(C)C)cc3)C[C@@]21C. The highest BCUT2D eigenvalue weighted by Gasteiger charge is 2.64. The van der Waals surface area contributed by atoms with E-state index in [9.17, 15) is 9.59 Å². The third-order valence-electron chi connectivity index (χ3n) is 9.68. The molecule has 3 heteroatoms. The Balaban J connectivity index is 1.70. The fourth-order valence-electron chi connectivity index (χ4n) is 8.08. The number of benzene rings is 1. The molecule has 5 rings (SSSR count). The second-order valence-corrected chi connectivity index (χ2v) is 11.4. The van der Waals surface area contributed by atoms with Crippen molar-refractivity contribution in [3.63, 3.8) is 0 Å². The Labute approximate surface area is 204 Å². The molecule has 2 saturated carbocycles. The summed E-state index contributed by atoms with van der Waals surface area (Å²) in [5.41, 5.74) is 6.16. The molecule has 0 aromatic heterocycles. The van der Waals surface area contributed by atoms with Crippen molar-refractivity contribution >= 4 is 17.3 Å². The normalized spacial score (nSPS) is 34.3. The highest BCUT2D eigenvalue weighted by Crippen LogP contribution is 2.69. The van der Waals surface area contributed by atoms with Gasteiger partial charge in [-0.05, 0) is 105 Å². The number of hydrogen-bond donors (Lipinski definition) is 0. The maximum atomic E-state index is 13.2. The van der Waals surface area contributed by atoms with Gasteiger partial charge in [0, 0.05) is 32.1 Å². The minimum absolute atomic E-state index is 0.146. The topological polar surface area (TPSA) is 37.4 Å². The van der Waals surface area contributed by atoms with Gasteiger partial charge in [0.15, 0.2) is 5.78 Å². The molecule has 1 unspecified atom stereocenters. The smallest absolute Gasteiger partial charge is 0.156 e. The van der Waals surface area contributed by atoms with Crippen LogP contribution in [0.2, 0.25) is 0 Å². The molecular weight excluding hydrogens is 418 g/mol. The predicted octanol–water partition coefficient (Wildman–Crippen LogP) is 6.25. The van der Waals surface area contributed by atoms with E-state index in [1.165, 1.54) is 22.4 Å². The van der Waals surface area contributed by atoms with Gasteiger partial charge < -0.3 is 4.90 Å². The van der Waals surface area contributed by atoms with Crippen LogP contribution in [-0.4, -0.2) is 25.7 Å². The van der Waals surface area contributed by atoms with Gasteiger partial charge in [0.05, 0.1) is 5.41 Å². The van der Waals surface area contributed by atoms with Crippen LogP contribution >= 0.6 is 0 Å². The Hall–Kier alpha value is -2.60. The van der Waals surface area contributed by atoms with Crippen molar-refractivity contribution in [2.45, 2.75) is 71.6 Å². The number of fused-ring (bicyclic) bond motifs is 4. The molecule has 1 aromatic rings. The standard InChI is InChI=1S/C31H37NO2/c1-6-16-31(20(2)33)17-15-28-26-13-9-22-18-24(34)12-14-25(22)29(26)27(19-30(28,31)3)21-7-10-23(11-8-21)32(4)5/h7-8,10-11,18,26-28H,9,12-15,17,19H2,1-5H3/t26-,27?,28-,30-,31+/m0/s1. The van der Waals surface area contributed by atoms with E-state index in [4.69, 9.17) is 0 Å². The molecule has 178 valence electrons. The lowest BCUT2D eigenvalue weighted by Crippen LogP contribution is -2.50. The first kappa shape index (κ1) is 23.2. The van der Waals surface area contributed by atoms with Gasteiger partial charge in [-0.15, -0.1) is 5.92 Å². The highest BCUT2D eigenvalue weighted by molar-refractivity contribution is 5.93. The number of Topliss-reactive ketones (excluding diaryl/α,β-unsaturated/α-hetero) is 1. The van der Waals surface area contributed by atoms with Gasteiger partial charge in [-0.25, -0.2) is 0 Å². The Morgan fingerprint density at radius 3 is 2.47 bits per heavy atom. The lowest BCUT2D eigenvalue weighted by Gasteiger charge is -2.54. The van der Waals surface area contributed by atoms with Crippen molar-refractivity contribution in [3.05, 3.63) is 52.6 Å². The van der Waals surface area contributed by atoms with Crippen molar-refractivity contribution in [2.75, 3.05) is 19.0 Å². The molecule has 0 spiro atoms. The molecule has 0 saturated heterocycles. The summed E-state index contributed by atoms with van der Waals surface area (Å²) in [6.45, 7) is 6.02. The molecule has 2 fully saturated rings. The quantitative estimate of drug-likeness (QED) is 0.506. The van der Waals surface area contributed by atoms with E-state index in [-0.39, 0.29) is 22.9 Å². The van der Waals surface area contributed by atoms with Crippen LogP contribution in [0.15, 0.2) is 47.1 Å². The Morgan fingerprint density at radius 1 is 1.09 bits per heavy atom. The maximum Gasteiger partial charge on any atom is 0.156 e. The molecule has 0 heterocycles. The van der Waals surface area contributed by atoms with E-state index in [0.717, 1.165) is 38.5 Å². The molecule has 0 amide bonds. The van der Waals surface area contributed by atoms with Gasteiger partial charge in [0.25, 0.3) is 0 Å². The number of anilines is 1. The molecule has 0 bridgehead atoms. The first-order chi connectivity index (χ1) is 16.2. The first-order valence-electron chi connectivity index (χ1n) is 12.9. The lowest BCUT2D eigenvalue weighted by atomic mass is 9.48. The molecule has 0 aliphatic heterocycles. The van der Waals surface area contributed by atoms with Gasteiger partial charge in [0.1, 0.15) is 5.78 Å². The van der Waals surface area contributed by atoms with Gasteiger partial charge in [0.2, 0.25) is 0 Å². The number of rotatable bonds is 3. The fraction of sp³-hybridized carbons (Fsp3) is 0.548. The average Bonchev–Trinajstić information content (AvgIpc) is 3.11. The summed E-state index contributed by atoms with van der Waals surface area (Å²) >= 11 is 0. The van der Waals surface area contributed by atoms with Gasteiger partial charge in [-0.2, -0.15) is 0 Å². The summed E-state index contributed by atoms with van der Waals surface area (Å²) in [7, 11) is 4.14. The van der Waals surface area contributed by atoms with Crippen molar-refractivity contribution in [2.24, 2.45) is 22.7 Å². The molecule has 4 aliphatic carbocycles. The van der Waals surface area contributed by atoms with Crippen LogP contribution in [0.4, 0.5) is 5.69 Å². The zero-order valence-corrected chi connectivity index (χ0v) is 21.3. The van der Waals surface area contributed by atoms with E-state index in [0.29, 0.717) is 18.3 Å². The number of allylic oxidation sites excluding steroid dienone is 4. The summed E-state index contributed by atoms with van der Waals surface area (Å²) in [6.07, 6.45) is 8.38. The molecule has 0 radical (unpaired) electrons. The molecule has 3 nitrogen and oxygen atoms in total. The Morgan fingerprint density at radius 2 is 1.82 bits per heavy atom. The van der Waals surface area contributed by atoms with E-state index < -0.39 is 5.41 Å². The fourth-order valence-corrected chi connectivity index (χ4v) is 8.08. The van der Waals surface area contributed by atoms with E-state index in [1.54, 1.807) is 12.5 Å². The lowest BCUT2D eigenvalue weighted by molar-refractivity contribution is -0.130. The highest BCUT2D eigenvalue weighted by atomic mass is 16.1. The summed E-state index contributed by atoms with van der Waals surface area (Å²) < 4.78 is 0. The van der Waals surface area contributed by atoms with Crippen molar-refractivity contribution in [1.82, 2.24) is 0 Å². The third-order valence-corrected chi connectivity index (χ3v) is 9.68. The maximum absolute atomic E-state index is 13.2. The van der Waals surface area contributed by atoms with Crippen molar-refractivity contribution in [1.29, 1.82) is 0 Å². The van der Waals surface area contributed by atoms with Crippen LogP contribution in [0.3, 0.4) is 0 Å². The Kier molecular flexibility index (Phi) is 5.63. The van der Waals surface area contributed by atoms with E-state index in [1.807, 2.05) is 13.0 Å². The van der Waals surface area contributed by atoms with Crippen LogP contribution in [0.25, 0.3) is 0 Å². The van der Waals surface area contributed by atoms with E-state index in [2.05, 4.69) is 62.0 Å². The summed E-state index contributed by atoms with van der Waals surface area (Å²) in [4.78, 5) is 27.6.